The maximum absolute atomic E-state index is 3.74. The van der Waals surface area contributed by atoms with Crippen LogP contribution in [0.5, 0.6) is 0 Å². The predicted molar refractivity (Wildman–Crippen MR) is 175 cm³/mol. The van der Waals surface area contributed by atoms with Crippen molar-refractivity contribution in [1.29, 1.82) is 0 Å². The number of H-pyrrole nitrogens is 1. The summed E-state index contributed by atoms with van der Waals surface area (Å²) in [7, 11) is 0. The number of hydrogen-bond donors (Lipinski definition) is 1. The third-order valence-corrected chi connectivity index (χ3v) is 9.14. The van der Waals surface area contributed by atoms with Crippen molar-refractivity contribution in [2.45, 2.75) is 219 Å². The highest BCUT2D eigenvalue weighted by Crippen LogP contribution is 2.27. The van der Waals surface area contributed by atoms with Gasteiger partial charge in [0.1, 0.15) is 12.4 Å². The molecule has 0 amide bonds. The molecule has 1 aromatic heterocycles. The summed E-state index contributed by atoms with van der Waals surface area (Å²) in [4.78, 5) is 3.74. The number of hydrogen-bond acceptors (Lipinski definition) is 0. The van der Waals surface area contributed by atoms with E-state index in [2.05, 4.69) is 49.6 Å². The van der Waals surface area contributed by atoms with Crippen molar-refractivity contribution in [2.75, 3.05) is 0 Å². The molecule has 0 aromatic carbocycles. The second-order valence-corrected chi connectivity index (χ2v) is 12.9. The molecule has 0 aliphatic carbocycles. The zero-order chi connectivity index (χ0) is 28.2. The van der Waals surface area contributed by atoms with Crippen molar-refractivity contribution in [3.05, 3.63) is 18.2 Å². The van der Waals surface area contributed by atoms with Crippen molar-refractivity contribution >= 4 is 0 Å². The molecule has 1 aromatic rings. The molecule has 0 fully saturated rings. The summed E-state index contributed by atoms with van der Waals surface area (Å²) in [5.41, 5.74) is 0. The molecule has 1 unspecified atom stereocenters. The molecule has 1 heterocycles. The molecule has 0 radical (unpaired) electrons. The van der Waals surface area contributed by atoms with Gasteiger partial charge in [-0.05, 0) is 32.6 Å². The highest BCUT2D eigenvalue weighted by Gasteiger charge is 2.25. The number of aromatic nitrogens is 2. The lowest BCUT2D eigenvalue weighted by atomic mass is 9.92. The number of rotatable bonds is 30. The number of nitrogens with one attached hydrogen (secondary N) is 1. The van der Waals surface area contributed by atoms with E-state index in [1.807, 2.05) is 0 Å². The van der Waals surface area contributed by atoms with Gasteiger partial charge in [0.25, 0.3) is 5.82 Å². The Morgan fingerprint density at radius 3 is 1.21 bits per heavy atom. The Balaban J connectivity index is 2.47. The molecule has 0 aliphatic heterocycles. The maximum atomic E-state index is 3.74. The minimum absolute atomic E-state index is 0.621. The molecular weight excluding hydrogens is 472 g/mol. The summed E-state index contributed by atoms with van der Waals surface area (Å²) in [6, 6.07) is 0.621. The monoisotopic (exact) mass is 546 g/mol. The lowest BCUT2D eigenvalue weighted by Gasteiger charge is -2.17. The van der Waals surface area contributed by atoms with Gasteiger partial charge in [-0.2, -0.15) is 0 Å². The number of aromatic amines is 1. The first-order valence-corrected chi connectivity index (χ1v) is 18.3. The van der Waals surface area contributed by atoms with Crippen LogP contribution in [0.25, 0.3) is 0 Å². The van der Waals surface area contributed by atoms with Gasteiger partial charge in [0.15, 0.2) is 0 Å². The van der Waals surface area contributed by atoms with E-state index in [4.69, 9.17) is 0 Å². The smallest absolute Gasteiger partial charge is 0.247 e. The van der Waals surface area contributed by atoms with Crippen molar-refractivity contribution in [3.8, 4) is 0 Å². The molecule has 39 heavy (non-hydrogen) atoms. The molecule has 0 aliphatic rings. The summed E-state index contributed by atoms with van der Waals surface area (Å²) in [5, 5.41) is 0. The van der Waals surface area contributed by atoms with Crippen LogP contribution in [0.4, 0.5) is 0 Å². The van der Waals surface area contributed by atoms with Crippen LogP contribution >= 0.6 is 0 Å². The molecule has 0 bridgehead atoms. The molecular formula is C37H73N2+. The van der Waals surface area contributed by atoms with Crippen LogP contribution in [0.1, 0.15) is 225 Å². The van der Waals surface area contributed by atoms with Crippen LogP contribution in [0.15, 0.2) is 12.4 Å². The standard InChI is InChI=1S/C37H72N2/c1-5-8-11-14-17-19-22-25-28-31-36(32-29-26-23-20-18-15-12-9-6-2)37-38-33-34-39(37)35(4)30-27-24-21-16-13-10-7-3/h33-36H,5-32H2,1-4H3/p+1. The molecule has 1 rings (SSSR count). The average molecular weight is 546 g/mol. The Morgan fingerprint density at radius 1 is 0.487 bits per heavy atom. The first-order chi connectivity index (χ1) is 19.2. The van der Waals surface area contributed by atoms with Gasteiger partial charge < -0.3 is 0 Å². The number of nitrogens with zero attached hydrogens (tertiary/aromatic N) is 1. The fourth-order valence-electron chi connectivity index (χ4n) is 6.43. The van der Waals surface area contributed by atoms with Crippen LogP contribution in [0.3, 0.4) is 0 Å². The van der Waals surface area contributed by atoms with Crippen LogP contribution in [-0.4, -0.2) is 4.98 Å². The lowest BCUT2D eigenvalue weighted by molar-refractivity contribution is -0.727. The largest absolute Gasteiger partial charge is 0.257 e. The van der Waals surface area contributed by atoms with Gasteiger partial charge in [-0.1, -0.05) is 175 Å². The van der Waals surface area contributed by atoms with Gasteiger partial charge in [-0.3, -0.25) is 0 Å². The van der Waals surface area contributed by atoms with E-state index in [-0.39, 0.29) is 0 Å². The summed E-state index contributed by atoms with van der Waals surface area (Å²) in [5.74, 6) is 2.25. The van der Waals surface area contributed by atoms with Crippen LogP contribution in [0.2, 0.25) is 0 Å². The maximum Gasteiger partial charge on any atom is 0.257 e. The van der Waals surface area contributed by atoms with E-state index in [1.54, 1.807) is 0 Å². The number of imidazole rings is 1. The van der Waals surface area contributed by atoms with Crippen molar-refractivity contribution in [2.24, 2.45) is 0 Å². The lowest BCUT2D eigenvalue weighted by Crippen LogP contribution is -2.41. The molecule has 230 valence electrons. The zero-order valence-electron chi connectivity index (χ0n) is 27.6. The Bertz CT molecular complexity index is 584. The van der Waals surface area contributed by atoms with E-state index in [9.17, 15) is 0 Å². The van der Waals surface area contributed by atoms with E-state index in [0.717, 1.165) is 0 Å². The quantitative estimate of drug-likeness (QED) is 0.0732. The Labute approximate surface area is 246 Å². The topological polar surface area (TPSA) is 19.7 Å². The first kappa shape index (κ1) is 36.2. The zero-order valence-corrected chi connectivity index (χ0v) is 27.6. The van der Waals surface area contributed by atoms with E-state index < -0.39 is 0 Å². The molecule has 2 heteroatoms. The first-order valence-electron chi connectivity index (χ1n) is 18.3. The summed E-state index contributed by atoms with van der Waals surface area (Å²) in [6.45, 7) is 9.40. The third kappa shape index (κ3) is 19.8. The molecule has 1 N–H and O–H groups in total. The molecule has 0 spiro atoms. The van der Waals surface area contributed by atoms with Crippen molar-refractivity contribution < 1.29 is 4.57 Å². The van der Waals surface area contributed by atoms with Gasteiger partial charge in [0.2, 0.25) is 0 Å². The van der Waals surface area contributed by atoms with Crippen molar-refractivity contribution in [1.82, 2.24) is 4.98 Å². The summed E-state index contributed by atoms with van der Waals surface area (Å²) >= 11 is 0. The van der Waals surface area contributed by atoms with Gasteiger partial charge in [0.05, 0.1) is 12.0 Å². The SMILES string of the molecule is CCCCCCCCCCCC(CCCCCCCCCCC)c1[nH]cc[n+]1C(C)CCCCCCCCC. The Hall–Kier alpha value is -0.790. The molecule has 1 atom stereocenters. The minimum Gasteiger partial charge on any atom is -0.247 e. The second-order valence-electron chi connectivity index (χ2n) is 12.9. The van der Waals surface area contributed by atoms with Crippen molar-refractivity contribution in [3.63, 3.8) is 0 Å². The Morgan fingerprint density at radius 2 is 0.821 bits per heavy atom. The fraction of sp³-hybridized carbons (Fsp3) is 0.919. The highest BCUT2D eigenvalue weighted by molar-refractivity contribution is 4.90. The summed E-state index contributed by atoms with van der Waals surface area (Å²) in [6.07, 6.45) is 44.2. The van der Waals surface area contributed by atoms with Gasteiger partial charge in [0, 0.05) is 0 Å². The minimum atomic E-state index is 0.621. The average Bonchev–Trinajstić information content (AvgIpc) is 3.44. The van der Waals surface area contributed by atoms with Crippen LogP contribution in [-0.2, 0) is 0 Å². The third-order valence-electron chi connectivity index (χ3n) is 9.14. The summed E-state index contributed by atoms with van der Waals surface area (Å²) < 4.78 is 2.63. The second kappa shape index (κ2) is 27.4. The molecule has 0 saturated carbocycles. The van der Waals surface area contributed by atoms with Crippen LogP contribution in [0, 0.1) is 0 Å². The highest BCUT2D eigenvalue weighted by atomic mass is 15.1. The van der Waals surface area contributed by atoms with E-state index in [1.165, 1.54) is 186 Å². The molecule has 0 saturated heterocycles. The van der Waals surface area contributed by atoms with E-state index in [0.29, 0.717) is 12.0 Å². The van der Waals surface area contributed by atoms with Crippen LogP contribution < -0.4 is 4.57 Å². The molecule has 2 nitrogen and oxygen atoms in total. The number of unbranched alkanes of at least 4 members (excludes halogenated alkanes) is 22. The van der Waals surface area contributed by atoms with Gasteiger partial charge >= 0.3 is 0 Å². The fourth-order valence-corrected chi connectivity index (χ4v) is 6.43. The van der Waals surface area contributed by atoms with Gasteiger partial charge in [-0.15, -0.1) is 0 Å². The normalized spacial score (nSPS) is 12.5. The predicted octanol–water partition coefficient (Wildman–Crippen LogP) is 12.9. The van der Waals surface area contributed by atoms with Gasteiger partial charge in [-0.25, -0.2) is 9.55 Å². The van der Waals surface area contributed by atoms with E-state index >= 15 is 0 Å². The Kier molecular flexibility index (Phi) is 25.4.